The summed E-state index contributed by atoms with van der Waals surface area (Å²) >= 11 is 0. The van der Waals surface area contributed by atoms with Crippen molar-refractivity contribution in [2.75, 3.05) is 119 Å². The van der Waals surface area contributed by atoms with Crippen LogP contribution in [0.15, 0.2) is 0 Å². The van der Waals surface area contributed by atoms with Crippen LogP contribution in [0.2, 0.25) is 0 Å². The molecule has 0 saturated carbocycles. The summed E-state index contributed by atoms with van der Waals surface area (Å²) in [5.74, 6) is 0.676. The van der Waals surface area contributed by atoms with E-state index in [9.17, 15) is 0 Å². The van der Waals surface area contributed by atoms with E-state index < -0.39 is 0 Å². The summed E-state index contributed by atoms with van der Waals surface area (Å²) < 4.78 is 43.9. The van der Waals surface area contributed by atoms with Gasteiger partial charge in [0.15, 0.2) is 0 Å². The smallest absolute Gasteiger partial charge is 0.0701 e. The SMILES string of the molecule is CCOCCOCCOCCOCCN1CC(COCCOCCOCCOCCC(C)C)NN1. The van der Waals surface area contributed by atoms with E-state index in [2.05, 4.69) is 29.8 Å². The highest BCUT2D eigenvalue weighted by molar-refractivity contribution is 4.73. The maximum Gasteiger partial charge on any atom is 0.0701 e. The van der Waals surface area contributed by atoms with Crippen LogP contribution >= 0.6 is 0 Å². The van der Waals surface area contributed by atoms with Crippen LogP contribution < -0.4 is 11.0 Å². The third-order valence-electron chi connectivity index (χ3n) is 4.97. The van der Waals surface area contributed by atoms with Crippen LogP contribution in [-0.4, -0.2) is 130 Å². The highest BCUT2D eigenvalue weighted by atomic mass is 16.6. The first-order valence-electron chi connectivity index (χ1n) is 13.1. The zero-order chi connectivity index (χ0) is 25.2. The van der Waals surface area contributed by atoms with Crippen molar-refractivity contribution < 1.29 is 37.9 Å². The Morgan fingerprint density at radius 2 is 1.09 bits per heavy atom. The van der Waals surface area contributed by atoms with Crippen LogP contribution in [0.5, 0.6) is 0 Å². The van der Waals surface area contributed by atoms with E-state index >= 15 is 0 Å². The molecule has 1 aliphatic rings. The summed E-state index contributed by atoms with van der Waals surface area (Å²) in [5.41, 5.74) is 6.37. The average molecular weight is 510 g/mol. The molecule has 0 aromatic rings. The van der Waals surface area contributed by atoms with Gasteiger partial charge in [-0.2, -0.15) is 5.53 Å². The van der Waals surface area contributed by atoms with Gasteiger partial charge in [0.2, 0.25) is 0 Å². The molecule has 0 aromatic heterocycles. The van der Waals surface area contributed by atoms with Gasteiger partial charge in [-0.1, -0.05) is 13.8 Å². The Morgan fingerprint density at radius 3 is 1.60 bits per heavy atom. The van der Waals surface area contributed by atoms with E-state index in [0.717, 1.165) is 32.7 Å². The van der Waals surface area contributed by atoms with Crippen LogP contribution in [-0.2, 0) is 37.9 Å². The highest BCUT2D eigenvalue weighted by Crippen LogP contribution is 1.99. The molecule has 35 heavy (non-hydrogen) atoms. The van der Waals surface area contributed by atoms with Crippen LogP contribution in [0.25, 0.3) is 0 Å². The minimum Gasteiger partial charge on any atom is -0.379 e. The molecule has 11 nitrogen and oxygen atoms in total. The van der Waals surface area contributed by atoms with Gasteiger partial charge in [-0.25, -0.2) is 10.4 Å². The fourth-order valence-electron chi connectivity index (χ4n) is 2.96. The second-order valence-electron chi connectivity index (χ2n) is 8.53. The van der Waals surface area contributed by atoms with Crippen molar-refractivity contribution in [3.8, 4) is 0 Å². The Hall–Kier alpha value is -0.440. The lowest BCUT2D eigenvalue weighted by molar-refractivity contribution is -0.00489. The molecule has 0 radical (unpaired) electrons. The molecule has 0 bridgehead atoms. The Bertz CT molecular complexity index is 438. The minimum absolute atomic E-state index is 0.236. The third kappa shape index (κ3) is 22.5. The Labute approximate surface area is 212 Å². The zero-order valence-corrected chi connectivity index (χ0v) is 22.3. The largest absolute Gasteiger partial charge is 0.379 e. The highest BCUT2D eigenvalue weighted by Gasteiger charge is 2.21. The number of nitrogens with one attached hydrogen (secondary N) is 2. The molecule has 0 spiro atoms. The Morgan fingerprint density at radius 1 is 0.629 bits per heavy atom. The predicted molar refractivity (Wildman–Crippen MR) is 133 cm³/mol. The first kappa shape index (κ1) is 32.6. The second kappa shape index (κ2) is 25.2. The third-order valence-corrected chi connectivity index (χ3v) is 4.97. The molecule has 0 amide bonds. The van der Waals surface area contributed by atoms with E-state index in [0.29, 0.717) is 98.4 Å². The summed E-state index contributed by atoms with van der Waals surface area (Å²) in [6.45, 7) is 17.8. The minimum atomic E-state index is 0.236. The van der Waals surface area contributed by atoms with Crippen molar-refractivity contribution in [1.29, 1.82) is 0 Å². The van der Waals surface area contributed by atoms with Gasteiger partial charge in [0.25, 0.3) is 0 Å². The quantitative estimate of drug-likeness (QED) is 0.154. The second-order valence-corrected chi connectivity index (χ2v) is 8.53. The molecule has 1 aliphatic heterocycles. The van der Waals surface area contributed by atoms with Crippen LogP contribution in [0.4, 0.5) is 0 Å². The molecule has 2 N–H and O–H groups in total. The van der Waals surface area contributed by atoms with Crippen molar-refractivity contribution in [2.45, 2.75) is 33.2 Å². The number of rotatable bonds is 27. The lowest BCUT2D eigenvalue weighted by Gasteiger charge is -2.14. The molecule has 1 unspecified atom stereocenters. The molecular formula is C24H51N3O8. The molecular weight excluding hydrogens is 458 g/mol. The molecule has 1 heterocycles. The van der Waals surface area contributed by atoms with E-state index in [-0.39, 0.29) is 6.04 Å². The lowest BCUT2D eigenvalue weighted by Crippen LogP contribution is -2.39. The molecule has 210 valence electrons. The van der Waals surface area contributed by atoms with Crippen molar-refractivity contribution >= 4 is 0 Å². The first-order chi connectivity index (χ1) is 17.2. The zero-order valence-electron chi connectivity index (χ0n) is 22.3. The monoisotopic (exact) mass is 509 g/mol. The molecule has 11 heteroatoms. The van der Waals surface area contributed by atoms with Gasteiger partial charge in [0.1, 0.15) is 0 Å². The molecule has 1 atom stereocenters. The van der Waals surface area contributed by atoms with Gasteiger partial charge in [-0.15, -0.1) is 0 Å². The number of hydrazine groups is 2. The van der Waals surface area contributed by atoms with Crippen molar-refractivity contribution in [3.63, 3.8) is 0 Å². The molecule has 0 aliphatic carbocycles. The fourth-order valence-corrected chi connectivity index (χ4v) is 2.96. The maximum absolute atomic E-state index is 5.69. The lowest BCUT2D eigenvalue weighted by atomic mass is 10.1. The van der Waals surface area contributed by atoms with Gasteiger partial charge in [-0.3, -0.25) is 0 Å². The molecule has 0 aromatic carbocycles. The molecule has 1 fully saturated rings. The van der Waals surface area contributed by atoms with Crippen molar-refractivity contribution in [2.24, 2.45) is 5.92 Å². The summed E-state index contributed by atoms with van der Waals surface area (Å²) in [6, 6.07) is 0.236. The van der Waals surface area contributed by atoms with Gasteiger partial charge in [0, 0.05) is 26.3 Å². The number of ether oxygens (including phenoxy) is 8. The van der Waals surface area contributed by atoms with E-state index in [4.69, 9.17) is 37.9 Å². The standard InChI is InChI=1S/C24H51N3O8/c1-4-28-9-10-31-15-16-33-14-12-30-8-6-27-21-24(25-26-27)22-35-20-19-34-18-17-32-13-11-29-7-5-23(2)3/h23-26H,4-22H2,1-3H3. The van der Waals surface area contributed by atoms with Gasteiger partial charge in [-0.05, 0) is 19.3 Å². The van der Waals surface area contributed by atoms with E-state index in [1.54, 1.807) is 0 Å². The van der Waals surface area contributed by atoms with Crippen LogP contribution in [0, 0.1) is 5.92 Å². The Balaban J connectivity index is 1.76. The number of hydrogen-bond donors (Lipinski definition) is 2. The summed E-state index contributed by atoms with van der Waals surface area (Å²) in [4.78, 5) is 0. The number of nitrogens with zero attached hydrogens (tertiary/aromatic N) is 1. The number of hydrogen-bond acceptors (Lipinski definition) is 11. The normalized spacial score (nSPS) is 16.6. The van der Waals surface area contributed by atoms with Crippen molar-refractivity contribution in [1.82, 2.24) is 16.0 Å². The maximum atomic E-state index is 5.69. The first-order valence-corrected chi connectivity index (χ1v) is 13.1. The van der Waals surface area contributed by atoms with Gasteiger partial charge in [0.05, 0.1) is 98.5 Å². The van der Waals surface area contributed by atoms with Crippen LogP contribution in [0.3, 0.4) is 0 Å². The molecule has 1 rings (SSSR count). The molecule has 1 saturated heterocycles. The van der Waals surface area contributed by atoms with E-state index in [1.165, 1.54) is 0 Å². The summed E-state index contributed by atoms with van der Waals surface area (Å²) in [5, 5.41) is 2.08. The topological polar surface area (TPSA) is 101 Å². The van der Waals surface area contributed by atoms with Crippen LogP contribution in [0.1, 0.15) is 27.2 Å². The van der Waals surface area contributed by atoms with Gasteiger partial charge < -0.3 is 37.9 Å². The summed E-state index contributed by atoms with van der Waals surface area (Å²) in [6.07, 6.45) is 1.09. The predicted octanol–water partition coefficient (Wildman–Crippen LogP) is 0.879. The Kier molecular flexibility index (Phi) is 23.5. The fraction of sp³-hybridized carbons (Fsp3) is 1.00. The van der Waals surface area contributed by atoms with Gasteiger partial charge >= 0.3 is 0 Å². The average Bonchev–Trinajstić information content (AvgIpc) is 3.30. The van der Waals surface area contributed by atoms with E-state index in [1.807, 2.05) is 6.92 Å². The van der Waals surface area contributed by atoms with Crippen molar-refractivity contribution in [3.05, 3.63) is 0 Å². The summed E-state index contributed by atoms with van der Waals surface area (Å²) in [7, 11) is 0.